The van der Waals surface area contributed by atoms with Gasteiger partial charge in [0.25, 0.3) is 5.91 Å². The van der Waals surface area contributed by atoms with Gasteiger partial charge in [0, 0.05) is 25.0 Å². The second kappa shape index (κ2) is 6.44. The average molecular weight is 308 g/mol. The molecule has 0 saturated carbocycles. The van der Waals surface area contributed by atoms with Crippen LogP contribution in [0, 0.1) is 0 Å². The maximum absolute atomic E-state index is 12.2. The standard InChI is InChI=1S/C18H16N2O3/c1-2-12-3-4-16-14(9-12)15(21)10-17(23-16)18(22)20-11-13-5-7-19-8-6-13/h3-10H,2,11H2,1H3,(H,20,22). The Morgan fingerprint density at radius 1 is 1.13 bits per heavy atom. The normalized spacial score (nSPS) is 10.7. The van der Waals surface area contributed by atoms with Gasteiger partial charge in [-0.1, -0.05) is 13.0 Å². The van der Waals surface area contributed by atoms with E-state index < -0.39 is 5.91 Å². The Bertz CT molecular complexity index is 901. The van der Waals surface area contributed by atoms with Crippen molar-refractivity contribution in [2.75, 3.05) is 0 Å². The summed E-state index contributed by atoms with van der Waals surface area (Å²) in [5.41, 5.74) is 2.18. The van der Waals surface area contributed by atoms with Crippen LogP contribution >= 0.6 is 0 Å². The van der Waals surface area contributed by atoms with Crippen molar-refractivity contribution >= 4 is 16.9 Å². The third-order valence-corrected chi connectivity index (χ3v) is 3.63. The van der Waals surface area contributed by atoms with Gasteiger partial charge in [-0.15, -0.1) is 0 Å². The zero-order valence-corrected chi connectivity index (χ0v) is 12.7. The van der Waals surface area contributed by atoms with Crippen LogP contribution in [0.4, 0.5) is 0 Å². The Morgan fingerprint density at radius 3 is 2.65 bits per heavy atom. The van der Waals surface area contributed by atoms with Gasteiger partial charge < -0.3 is 9.73 Å². The van der Waals surface area contributed by atoms with Crippen LogP contribution in [0.5, 0.6) is 0 Å². The van der Waals surface area contributed by atoms with Crippen molar-refractivity contribution in [3.8, 4) is 0 Å². The minimum Gasteiger partial charge on any atom is -0.451 e. The first-order valence-corrected chi connectivity index (χ1v) is 7.41. The van der Waals surface area contributed by atoms with Crippen molar-refractivity contribution in [3.63, 3.8) is 0 Å². The van der Waals surface area contributed by atoms with E-state index in [4.69, 9.17) is 4.42 Å². The molecule has 0 aliphatic carbocycles. The van der Waals surface area contributed by atoms with E-state index in [0.717, 1.165) is 17.5 Å². The molecule has 0 unspecified atom stereocenters. The third kappa shape index (κ3) is 3.29. The molecule has 2 aromatic heterocycles. The molecule has 0 spiro atoms. The SMILES string of the molecule is CCc1ccc2oc(C(=O)NCc3ccncc3)cc(=O)c2c1. The molecule has 1 amide bonds. The number of nitrogens with one attached hydrogen (secondary N) is 1. The molecule has 0 fully saturated rings. The lowest BCUT2D eigenvalue weighted by molar-refractivity contribution is 0.0923. The van der Waals surface area contributed by atoms with Crippen LogP contribution in [-0.2, 0) is 13.0 Å². The predicted octanol–water partition coefficient (Wildman–Crippen LogP) is 2.68. The molecule has 3 aromatic rings. The van der Waals surface area contributed by atoms with Gasteiger partial charge in [0.2, 0.25) is 0 Å². The maximum Gasteiger partial charge on any atom is 0.287 e. The number of hydrogen-bond acceptors (Lipinski definition) is 4. The van der Waals surface area contributed by atoms with Gasteiger partial charge in [-0.05, 0) is 41.8 Å². The third-order valence-electron chi connectivity index (χ3n) is 3.63. The molecule has 0 aliphatic heterocycles. The van der Waals surface area contributed by atoms with Crippen LogP contribution in [0.1, 0.15) is 28.6 Å². The Morgan fingerprint density at radius 2 is 1.91 bits per heavy atom. The highest BCUT2D eigenvalue weighted by Gasteiger charge is 2.12. The molecule has 3 rings (SSSR count). The molecule has 2 heterocycles. The molecule has 0 atom stereocenters. The minimum atomic E-state index is -0.416. The lowest BCUT2D eigenvalue weighted by Crippen LogP contribution is -2.24. The lowest BCUT2D eigenvalue weighted by Gasteiger charge is -2.06. The molecule has 5 heteroatoms. The van der Waals surface area contributed by atoms with Crippen molar-refractivity contribution in [2.24, 2.45) is 0 Å². The van der Waals surface area contributed by atoms with Gasteiger partial charge in [0.15, 0.2) is 11.2 Å². The van der Waals surface area contributed by atoms with Crippen LogP contribution < -0.4 is 10.7 Å². The molecule has 0 radical (unpaired) electrons. The number of benzene rings is 1. The van der Waals surface area contributed by atoms with Crippen LogP contribution in [0.3, 0.4) is 0 Å². The number of amides is 1. The van der Waals surface area contributed by atoms with Crippen molar-refractivity contribution in [2.45, 2.75) is 19.9 Å². The summed E-state index contributed by atoms with van der Waals surface area (Å²) in [5.74, 6) is -0.402. The Labute approximate surface area is 133 Å². The van der Waals surface area contributed by atoms with E-state index in [9.17, 15) is 9.59 Å². The topological polar surface area (TPSA) is 72.2 Å². The molecule has 0 aliphatic rings. The van der Waals surface area contributed by atoms with Crippen molar-refractivity contribution in [1.29, 1.82) is 0 Å². The number of nitrogens with zero attached hydrogens (tertiary/aromatic N) is 1. The first-order chi connectivity index (χ1) is 11.2. The summed E-state index contributed by atoms with van der Waals surface area (Å²) in [6, 6.07) is 10.3. The molecule has 23 heavy (non-hydrogen) atoms. The lowest BCUT2D eigenvalue weighted by atomic mass is 10.1. The van der Waals surface area contributed by atoms with E-state index in [1.54, 1.807) is 24.5 Å². The van der Waals surface area contributed by atoms with Crippen molar-refractivity contribution < 1.29 is 9.21 Å². The fourth-order valence-corrected chi connectivity index (χ4v) is 2.31. The number of aryl methyl sites for hydroxylation is 1. The first-order valence-electron chi connectivity index (χ1n) is 7.41. The van der Waals surface area contributed by atoms with Gasteiger partial charge in [0.1, 0.15) is 5.58 Å². The number of pyridine rings is 1. The molecular formula is C18H16N2O3. The zero-order valence-electron chi connectivity index (χ0n) is 12.7. The Balaban J connectivity index is 1.85. The predicted molar refractivity (Wildman–Crippen MR) is 87.3 cm³/mol. The highest BCUT2D eigenvalue weighted by Crippen LogP contribution is 2.15. The smallest absolute Gasteiger partial charge is 0.287 e. The molecule has 1 aromatic carbocycles. The second-order valence-corrected chi connectivity index (χ2v) is 5.20. The maximum atomic E-state index is 12.2. The van der Waals surface area contributed by atoms with Crippen LogP contribution in [0.2, 0.25) is 0 Å². The summed E-state index contributed by atoms with van der Waals surface area (Å²) >= 11 is 0. The number of carbonyl (C=O) groups is 1. The average Bonchev–Trinajstić information content (AvgIpc) is 2.60. The highest BCUT2D eigenvalue weighted by molar-refractivity contribution is 5.93. The number of fused-ring (bicyclic) bond motifs is 1. The van der Waals surface area contributed by atoms with Gasteiger partial charge in [-0.3, -0.25) is 14.6 Å². The first kappa shape index (κ1) is 15.0. The van der Waals surface area contributed by atoms with Crippen molar-refractivity contribution in [3.05, 3.63) is 75.9 Å². The van der Waals surface area contributed by atoms with E-state index in [0.29, 0.717) is 17.5 Å². The quantitative estimate of drug-likeness (QED) is 0.804. The summed E-state index contributed by atoms with van der Waals surface area (Å²) in [5, 5.41) is 3.23. The Kier molecular flexibility index (Phi) is 4.19. The van der Waals surface area contributed by atoms with E-state index in [1.165, 1.54) is 6.07 Å². The van der Waals surface area contributed by atoms with E-state index in [-0.39, 0.29) is 11.2 Å². The zero-order chi connectivity index (χ0) is 16.2. The van der Waals surface area contributed by atoms with Crippen LogP contribution in [0.25, 0.3) is 11.0 Å². The summed E-state index contributed by atoms with van der Waals surface area (Å²) in [6.45, 7) is 2.36. The molecule has 0 bridgehead atoms. The number of aromatic nitrogens is 1. The summed E-state index contributed by atoms with van der Waals surface area (Å²) in [4.78, 5) is 28.3. The van der Waals surface area contributed by atoms with Gasteiger partial charge in [0.05, 0.1) is 5.39 Å². The fraction of sp³-hybridized carbons (Fsp3) is 0.167. The second-order valence-electron chi connectivity index (χ2n) is 5.20. The molecule has 1 N–H and O–H groups in total. The molecule has 116 valence electrons. The minimum absolute atomic E-state index is 0.0146. The highest BCUT2D eigenvalue weighted by atomic mass is 16.3. The number of rotatable bonds is 4. The van der Waals surface area contributed by atoms with Crippen LogP contribution in [-0.4, -0.2) is 10.9 Å². The summed E-state index contributed by atoms with van der Waals surface area (Å²) in [6.07, 6.45) is 4.15. The van der Waals surface area contributed by atoms with Gasteiger partial charge in [-0.2, -0.15) is 0 Å². The van der Waals surface area contributed by atoms with Gasteiger partial charge in [-0.25, -0.2) is 0 Å². The largest absolute Gasteiger partial charge is 0.451 e. The number of carbonyl (C=O) groups excluding carboxylic acids is 1. The number of hydrogen-bond donors (Lipinski definition) is 1. The molecule has 0 saturated heterocycles. The van der Waals surface area contributed by atoms with E-state index in [2.05, 4.69) is 10.3 Å². The van der Waals surface area contributed by atoms with Gasteiger partial charge >= 0.3 is 0 Å². The summed E-state index contributed by atoms with van der Waals surface area (Å²) in [7, 11) is 0. The van der Waals surface area contributed by atoms with E-state index in [1.807, 2.05) is 25.1 Å². The van der Waals surface area contributed by atoms with E-state index >= 15 is 0 Å². The Hall–Kier alpha value is -2.95. The van der Waals surface area contributed by atoms with Crippen molar-refractivity contribution in [1.82, 2.24) is 10.3 Å². The monoisotopic (exact) mass is 308 g/mol. The molecule has 5 nitrogen and oxygen atoms in total. The summed E-state index contributed by atoms with van der Waals surface area (Å²) < 4.78 is 5.57. The molecular weight excluding hydrogens is 292 g/mol. The van der Waals surface area contributed by atoms with Crippen LogP contribution in [0.15, 0.2) is 58.0 Å². The fourth-order valence-electron chi connectivity index (χ4n) is 2.31.